The lowest BCUT2D eigenvalue weighted by atomic mass is 10.0. The minimum Gasteiger partial charge on any atom is -0.482 e. The summed E-state index contributed by atoms with van der Waals surface area (Å²) in [6.07, 6.45) is 1.95. The van der Waals surface area contributed by atoms with E-state index in [0.29, 0.717) is 34.2 Å². The Morgan fingerprint density at radius 3 is 2.68 bits per heavy atom. The number of amides is 1. The molecule has 1 atom stereocenters. The third kappa shape index (κ3) is 5.41. The standard InChI is InChI=1S/C27H21ClN2O7/c1-16-11-26(32)37-24-12-19(8-9-20(16)24)35-15-27(33)36-14-25(31)30-22(23-3-2-10-34-23)13-21(29-30)17-4-6-18(28)7-5-17/h2-12,22H,13-15H2,1H3. The molecule has 0 saturated heterocycles. The quantitative estimate of drug-likeness (QED) is 0.257. The molecule has 5 rings (SSSR count). The van der Waals surface area contributed by atoms with Crippen molar-refractivity contribution in [2.24, 2.45) is 5.10 Å². The minimum atomic E-state index is -0.741. The van der Waals surface area contributed by atoms with Crippen molar-refractivity contribution < 1.29 is 27.9 Å². The molecule has 0 bridgehead atoms. The average molecular weight is 521 g/mol. The van der Waals surface area contributed by atoms with Crippen molar-refractivity contribution in [2.75, 3.05) is 13.2 Å². The fourth-order valence-electron chi connectivity index (χ4n) is 4.05. The SMILES string of the molecule is Cc1cc(=O)oc2cc(OCC(=O)OCC(=O)N3N=C(c4ccc(Cl)cc4)CC3c3ccco3)ccc12. The number of esters is 1. The monoisotopic (exact) mass is 520 g/mol. The molecule has 1 aliphatic heterocycles. The molecule has 0 spiro atoms. The highest BCUT2D eigenvalue weighted by Gasteiger charge is 2.35. The molecule has 1 aliphatic rings. The van der Waals surface area contributed by atoms with Crippen LogP contribution in [0.1, 0.15) is 29.3 Å². The van der Waals surface area contributed by atoms with Crippen LogP contribution in [-0.4, -0.2) is 35.8 Å². The highest BCUT2D eigenvalue weighted by molar-refractivity contribution is 6.30. The van der Waals surface area contributed by atoms with Crippen LogP contribution in [0.25, 0.3) is 11.0 Å². The fraction of sp³-hybridized carbons (Fsp3) is 0.185. The Bertz CT molecular complexity index is 1540. The Labute approximate surface area is 215 Å². The smallest absolute Gasteiger partial charge is 0.344 e. The van der Waals surface area contributed by atoms with Crippen molar-refractivity contribution in [1.82, 2.24) is 5.01 Å². The second-order valence-electron chi connectivity index (χ2n) is 8.38. The van der Waals surface area contributed by atoms with E-state index in [1.165, 1.54) is 23.4 Å². The van der Waals surface area contributed by atoms with Gasteiger partial charge in [0.1, 0.15) is 23.1 Å². The number of hydrogen-bond acceptors (Lipinski definition) is 8. The summed E-state index contributed by atoms with van der Waals surface area (Å²) in [5.41, 5.74) is 2.14. The van der Waals surface area contributed by atoms with Gasteiger partial charge in [-0.15, -0.1) is 0 Å². The topological polar surface area (TPSA) is 112 Å². The first-order valence-corrected chi connectivity index (χ1v) is 11.8. The maximum absolute atomic E-state index is 13.0. The van der Waals surface area contributed by atoms with Gasteiger partial charge in [-0.3, -0.25) is 4.79 Å². The van der Waals surface area contributed by atoms with Crippen molar-refractivity contribution in [3.05, 3.63) is 99.3 Å². The Balaban J connectivity index is 1.22. The van der Waals surface area contributed by atoms with Crippen LogP contribution in [0.3, 0.4) is 0 Å². The zero-order chi connectivity index (χ0) is 25.9. The molecule has 1 amide bonds. The molecule has 0 fully saturated rings. The molecular weight excluding hydrogens is 500 g/mol. The van der Waals surface area contributed by atoms with Crippen molar-refractivity contribution in [2.45, 2.75) is 19.4 Å². The summed E-state index contributed by atoms with van der Waals surface area (Å²) in [4.78, 5) is 36.9. The van der Waals surface area contributed by atoms with Crippen LogP contribution in [0.15, 0.2) is 85.7 Å². The number of benzene rings is 2. The molecule has 2 aromatic carbocycles. The summed E-state index contributed by atoms with van der Waals surface area (Å²) in [5, 5.41) is 7.10. The summed E-state index contributed by atoms with van der Waals surface area (Å²) >= 11 is 5.99. The van der Waals surface area contributed by atoms with E-state index < -0.39 is 36.8 Å². The molecule has 37 heavy (non-hydrogen) atoms. The van der Waals surface area contributed by atoms with Gasteiger partial charge in [-0.2, -0.15) is 5.10 Å². The Hall–Kier alpha value is -4.37. The van der Waals surface area contributed by atoms with Gasteiger partial charge in [-0.05, 0) is 54.4 Å². The number of halogens is 1. The van der Waals surface area contributed by atoms with Crippen molar-refractivity contribution in [3.8, 4) is 5.75 Å². The first-order valence-electron chi connectivity index (χ1n) is 11.4. The third-order valence-corrected chi connectivity index (χ3v) is 6.10. The van der Waals surface area contributed by atoms with Crippen LogP contribution in [0, 0.1) is 6.92 Å². The van der Waals surface area contributed by atoms with Gasteiger partial charge >= 0.3 is 11.6 Å². The van der Waals surface area contributed by atoms with Gasteiger partial charge in [-0.25, -0.2) is 14.6 Å². The fourth-order valence-corrected chi connectivity index (χ4v) is 4.17. The number of furan rings is 1. The van der Waals surface area contributed by atoms with Crippen LogP contribution in [0.4, 0.5) is 0 Å². The largest absolute Gasteiger partial charge is 0.482 e. The molecule has 0 radical (unpaired) electrons. The predicted octanol–water partition coefficient (Wildman–Crippen LogP) is 4.65. The summed E-state index contributed by atoms with van der Waals surface area (Å²) in [6.45, 7) is 0.839. The molecule has 4 aromatic rings. The number of hydrogen-bond donors (Lipinski definition) is 0. The van der Waals surface area contributed by atoms with Gasteiger partial charge in [0.2, 0.25) is 0 Å². The van der Waals surface area contributed by atoms with Crippen molar-refractivity contribution in [3.63, 3.8) is 0 Å². The maximum Gasteiger partial charge on any atom is 0.344 e. The molecule has 0 N–H and O–H groups in total. The number of fused-ring (bicyclic) bond motifs is 1. The molecule has 1 unspecified atom stereocenters. The van der Waals surface area contributed by atoms with Crippen LogP contribution in [-0.2, 0) is 14.3 Å². The molecule has 0 aliphatic carbocycles. The van der Waals surface area contributed by atoms with E-state index >= 15 is 0 Å². The summed E-state index contributed by atoms with van der Waals surface area (Å²) in [6, 6.07) is 16.5. The molecule has 188 valence electrons. The number of carbonyl (C=O) groups is 2. The van der Waals surface area contributed by atoms with Gasteiger partial charge in [0, 0.05) is 29.0 Å². The van der Waals surface area contributed by atoms with E-state index in [2.05, 4.69) is 5.10 Å². The van der Waals surface area contributed by atoms with Crippen molar-refractivity contribution in [1.29, 1.82) is 0 Å². The average Bonchev–Trinajstić information content (AvgIpc) is 3.56. The first-order chi connectivity index (χ1) is 17.9. The van der Waals surface area contributed by atoms with Crippen LogP contribution < -0.4 is 10.4 Å². The lowest BCUT2D eigenvalue weighted by molar-refractivity contribution is -0.154. The number of rotatable bonds is 7. The number of ether oxygens (including phenoxy) is 2. The van der Waals surface area contributed by atoms with Gasteiger partial charge in [-0.1, -0.05) is 23.7 Å². The summed E-state index contributed by atoms with van der Waals surface area (Å²) < 4.78 is 21.3. The third-order valence-electron chi connectivity index (χ3n) is 5.85. The number of aryl methyl sites for hydroxylation is 1. The zero-order valence-corrected chi connectivity index (χ0v) is 20.4. The molecular formula is C27H21ClN2O7. The van der Waals surface area contributed by atoms with Gasteiger partial charge in [0.05, 0.1) is 12.0 Å². The van der Waals surface area contributed by atoms with E-state index in [1.54, 1.807) is 43.3 Å². The normalized spacial score (nSPS) is 15.0. The molecule has 10 heteroatoms. The Morgan fingerprint density at radius 1 is 1.11 bits per heavy atom. The molecule has 9 nitrogen and oxygen atoms in total. The molecule has 0 saturated carbocycles. The number of nitrogens with zero attached hydrogens (tertiary/aromatic N) is 2. The molecule has 2 aromatic heterocycles. The van der Waals surface area contributed by atoms with E-state index in [0.717, 1.165) is 16.5 Å². The second-order valence-corrected chi connectivity index (χ2v) is 8.82. The lowest BCUT2D eigenvalue weighted by Crippen LogP contribution is -2.32. The van der Waals surface area contributed by atoms with E-state index in [-0.39, 0.29) is 0 Å². The highest BCUT2D eigenvalue weighted by atomic mass is 35.5. The number of carbonyl (C=O) groups excluding carboxylic acids is 2. The number of hydrazone groups is 1. The van der Waals surface area contributed by atoms with Crippen LogP contribution in [0.2, 0.25) is 5.02 Å². The maximum atomic E-state index is 13.0. The summed E-state index contributed by atoms with van der Waals surface area (Å²) in [7, 11) is 0. The van der Waals surface area contributed by atoms with E-state index in [9.17, 15) is 14.4 Å². The van der Waals surface area contributed by atoms with E-state index in [4.69, 9.17) is 29.9 Å². The molecule has 3 heterocycles. The highest BCUT2D eigenvalue weighted by Crippen LogP contribution is 2.33. The Kier molecular flexibility index (Phi) is 6.78. The first kappa shape index (κ1) is 24.3. The zero-order valence-electron chi connectivity index (χ0n) is 19.7. The van der Waals surface area contributed by atoms with Crippen molar-refractivity contribution >= 4 is 40.2 Å². The summed E-state index contributed by atoms with van der Waals surface area (Å²) in [5.74, 6) is -0.371. The minimum absolute atomic E-state index is 0.319. The van der Waals surface area contributed by atoms with Crippen LogP contribution in [0.5, 0.6) is 5.75 Å². The lowest BCUT2D eigenvalue weighted by Gasteiger charge is -2.19. The second kappa shape index (κ2) is 10.3. The van der Waals surface area contributed by atoms with Gasteiger partial charge in [0.25, 0.3) is 5.91 Å². The van der Waals surface area contributed by atoms with Crippen LogP contribution >= 0.6 is 11.6 Å². The van der Waals surface area contributed by atoms with E-state index in [1.807, 2.05) is 12.1 Å². The van der Waals surface area contributed by atoms with Gasteiger partial charge in [0.15, 0.2) is 13.2 Å². The predicted molar refractivity (Wildman–Crippen MR) is 135 cm³/mol. The Morgan fingerprint density at radius 2 is 1.92 bits per heavy atom. The van der Waals surface area contributed by atoms with Gasteiger partial charge < -0.3 is 18.3 Å².